The second-order valence-electron chi connectivity index (χ2n) is 4.35. The number of para-hydroxylation sites is 1. The number of nitrogen functional groups attached to an aromatic ring is 1. The van der Waals surface area contributed by atoms with Crippen LogP contribution in [0.5, 0.6) is 0 Å². The summed E-state index contributed by atoms with van der Waals surface area (Å²) in [5.74, 6) is -0.548. The molecule has 2 aromatic rings. The van der Waals surface area contributed by atoms with Crippen molar-refractivity contribution in [3.8, 4) is 0 Å². The zero-order valence-electron chi connectivity index (χ0n) is 11.3. The van der Waals surface area contributed by atoms with Crippen LogP contribution < -0.4 is 21.1 Å². The third-order valence-electron chi connectivity index (χ3n) is 2.88. The van der Waals surface area contributed by atoms with Crippen molar-refractivity contribution in [1.82, 2.24) is 0 Å². The van der Waals surface area contributed by atoms with E-state index in [0.717, 1.165) is 4.31 Å². The molecule has 0 aliphatic rings. The summed E-state index contributed by atoms with van der Waals surface area (Å²) in [4.78, 5) is 23.2. The molecule has 0 aromatic heterocycles. The van der Waals surface area contributed by atoms with Crippen LogP contribution in [-0.4, -0.2) is 11.9 Å². The molecule has 3 amide bonds. The van der Waals surface area contributed by atoms with Crippen LogP contribution in [0.2, 0.25) is 5.02 Å². The van der Waals surface area contributed by atoms with Crippen LogP contribution in [0.3, 0.4) is 0 Å². The molecule has 0 aliphatic heterocycles. The molecule has 114 valence electrons. The number of hydrogen-bond acceptors (Lipinski definition) is 4. The van der Waals surface area contributed by atoms with Gasteiger partial charge in [0.05, 0.1) is 22.1 Å². The van der Waals surface area contributed by atoms with Crippen LogP contribution in [0.25, 0.3) is 0 Å². The minimum atomic E-state index is -0.548. The highest BCUT2D eigenvalue weighted by Gasteiger charge is 2.14. The Bertz CT molecular complexity index is 721. The maximum absolute atomic E-state index is 12.1. The Morgan fingerprint density at radius 2 is 1.77 bits per heavy atom. The van der Waals surface area contributed by atoms with Crippen molar-refractivity contribution in [1.29, 1.82) is 0 Å². The highest BCUT2D eigenvalue weighted by molar-refractivity contribution is 7.82. The van der Waals surface area contributed by atoms with Gasteiger partial charge in [0, 0.05) is 5.56 Å². The fourth-order valence-corrected chi connectivity index (χ4v) is 2.06. The molecule has 0 saturated heterocycles. The van der Waals surface area contributed by atoms with Gasteiger partial charge in [-0.05, 0) is 36.4 Å². The summed E-state index contributed by atoms with van der Waals surface area (Å²) < 4.78 is 1.07. The van der Waals surface area contributed by atoms with Gasteiger partial charge in [-0.15, -0.1) is 0 Å². The van der Waals surface area contributed by atoms with Crippen LogP contribution in [0.4, 0.5) is 21.9 Å². The molecule has 0 bridgehead atoms. The average molecular weight is 337 g/mol. The summed E-state index contributed by atoms with van der Waals surface area (Å²) in [7, 11) is 0. The molecular weight excluding hydrogens is 324 g/mol. The number of benzene rings is 2. The monoisotopic (exact) mass is 336 g/mol. The molecule has 0 aliphatic carbocycles. The zero-order chi connectivity index (χ0) is 16.3. The number of carbonyl (C=O) groups is 2. The summed E-state index contributed by atoms with van der Waals surface area (Å²) in [5, 5.41) is 2.94. The molecule has 0 saturated carbocycles. The minimum Gasteiger partial charge on any atom is -0.396 e. The second-order valence-corrected chi connectivity index (χ2v) is 5.16. The van der Waals surface area contributed by atoms with Gasteiger partial charge in [-0.3, -0.25) is 4.79 Å². The predicted octanol–water partition coefficient (Wildman–Crippen LogP) is 2.90. The SMILES string of the molecule is NC(=O)c1ccc(N(S)C(=O)Nc2cccc(Cl)c2N)cc1. The Morgan fingerprint density at radius 3 is 2.36 bits per heavy atom. The van der Waals surface area contributed by atoms with E-state index in [4.69, 9.17) is 23.1 Å². The molecular formula is C14H13ClN4O2S. The summed E-state index contributed by atoms with van der Waals surface area (Å²) in [6.45, 7) is 0. The van der Waals surface area contributed by atoms with Crippen LogP contribution >= 0.6 is 24.4 Å². The van der Waals surface area contributed by atoms with E-state index in [1.807, 2.05) is 0 Å². The standard InChI is InChI=1S/C14H13ClN4O2S/c15-10-2-1-3-11(12(10)16)18-14(21)19(22)9-6-4-8(5-7-9)13(17)20/h1-7,22H,16H2,(H2,17,20)(H,18,21). The predicted molar refractivity (Wildman–Crippen MR) is 91.3 cm³/mol. The lowest BCUT2D eigenvalue weighted by atomic mass is 10.2. The van der Waals surface area contributed by atoms with E-state index in [1.54, 1.807) is 30.3 Å². The van der Waals surface area contributed by atoms with E-state index in [-0.39, 0.29) is 5.69 Å². The minimum absolute atomic E-state index is 0.267. The molecule has 0 unspecified atom stereocenters. The average Bonchev–Trinajstić information content (AvgIpc) is 2.51. The molecule has 0 atom stereocenters. The van der Waals surface area contributed by atoms with Crippen molar-refractivity contribution in [3.05, 3.63) is 53.1 Å². The number of amides is 3. The number of nitrogens with zero attached hydrogens (tertiary/aromatic N) is 1. The Morgan fingerprint density at radius 1 is 1.14 bits per heavy atom. The van der Waals surface area contributed by atoms with Gasteiger partial charge in [-0.25, -0.2) is 9.10 Å². The Kier molecular flexibility index (Phi) is 4.79. The lowest BCUT2D eigenvalue weighted by Gasteiger charge is -2.17. The number of nitrogens with two attached hydrogens (primary N) is 2. The number of urea groups is 1. The van der Waals surface area contributed by atoms with Gasteiger partial charge in [0.1, 0.15) is 0 Å². The molecule has 0 spiro atoms. The first kappa shape index (κ1) is 16.0. The van der Waals surface area contributed by atoms with E-state index in [9.17, 15) is 9.59 Å². The number of thiol groups is 1. The fraction of sp³-hybridized carbons (Fsp3) is 0. The van der Waals surface area contributed by atoms with Gasteiger partial charge >= 0.3 is 6.03 Å². The Balaban J connectivity index is 2.15. The largest absolute Gasteiger partial charge is 0.396 e. The van der Waals surface area contributed by atoms with E-state index >= 15 is 0 Å². The first-order valence-corrected chi connectivity index (χ1v) is 6.92. The van der Waals surface area contributed by atoms with Crippen molar-refractivity contribution in [2.45, 2.75) is 0 Å². The van der Waals surface area contributed by atoms with Gasteiger partial charge in [0.2, 0.25) is 5.91 Å². The molecule has 22 heavy (non-hydrogen) atoms. The van der Waals surface area contributed by atoms with Gasteiger partial charge in [0.15, 0.2) is 0 Å². The van der Waals surface area contributed by atoms with Crippen molar-refractivity contribution in [3.63, 3.8) is 0 Å². The zero-order valence-corrected chi connectivity index (χ0v) is 12.9. The first-order chi connectivity index (χ1) is 10.4. The number of hydrogen-bond donors (Lipinski definition) is 4. The number of nitrogens with one attached hydrogen (secondary N) is 1. The van der Waals surface area contributed by atoms with E-state index < -0.39 is 11.9 Å². The van der Waals surface area contributed by atoms with Gasteiger partial charge in [0.25, 0.3) is 0 Å². The van der Waals surface area contributed by atoms with E-state index in [0.29, 0.717) is 22.0 Å². The summed E-state index contributed by atoms with van der Waals surface area (Å²) in [5.41, 5.74) is 12.4. The molecule has 5 N–H and O–H groups in total. The number of primary amides is 1. The van der Waals surface area contributed by atoms with E-state index in [1.165, 1.54) is 12.1 Å². The molecule has 0 heterocycles. The van der Waals surface area contributed by atoms with Crippen LogP contribution in [-0.2, 0) is 0 Å². The van der Waals surface area contributed by atoms with Crippen molar-refractivity contribution < 1.29 is 9.59 Å². The molecule has 0 fully saturated rings. The lowest BCUT2D eigenvalue weighted by molar-refractivity contribution is 0.100. The molecule has 6 nitrogen and oxygen atoms in total. The molecule has 2 rings (SSSR count). The first-order valence-electron chi connectivity index (χ1n) is 6.14. The topological polar surface area (TPSA) is 101 Å². The third-order valence-corrected chi connectivity index (χ3v) is 3.63. The van der Waals surface area contributed by atoms with E-state index in [2.05, 4.69) is 18.1 Å². The maximum atomic E-state index is 12.1. The second kappa shape index (κ2) is 6.59. The highest BCUT2D eigenvalue weighted by Crippen LogP contribution is 2.27. The third kappa shape index (κ3) is 3.44. The smallest absolute Gasteiger partial charge is 0.336 e. The maximum Gasteiger partial charge on any atom is 0.336 e. The molecule has 2 aromatic carbocycles. The van der Waals surface area contributed by atoms with Crippen LogP contribution in [0.15, 0.2) is 42.5 Å². The number of rotatable bonds is 3. The van der Waals surface area contributed by atoms with Crippen LogP contribution in [0, 0.1) is 0 Å². The van der Waals surface area contributed by atoms with Crippen molar-refractivity contribution in [2.75, 3.05) is 15.4 Å². The van der Waals surface area contributed by atoms with Crippen molar-refractivity contribution in [2.24, 2.45) is 5.73 Å². The Labute approximate surface area is 137 Å². The summed E-state index contributed by atoms with van der Waals surface area (Å²) >= 11 is 10.0. The number of carbonyl (C=O) groups excluding carboxylic acids is 2. The summed E-state index contributed by atoms with van der Waals surface area (Å²) in [6, 6.07) is 10.5. The van der Waals surface area contributed by atoms with Crippen molar-refractivity contribution >= 4 is 53.4 Å². The summed E-state index contributed by atoms with van der Waals surface area (Å²) in [6.07, 6.45) is 0. The Hall–Kier alpha value is -2.38. The lowest BCUT2D eigenvalue weighted by Crippen LogP contribution is -2.27. The van der Waals surface area contributed by atoms with Crippen LogP contribution in [0.1, 0.15) is 10.4 Å². The fourth-order valence-electron chi connectivity index (χ4n) is 1.70. The normalized spacial score (nSPS) is 10.1. The van der Waals surface area contributed by atoms with Gasteiger partial charge in [-0.1, -0.05) is 30.5 Å². The molecule has 8 heteroatoms. The number of anilines is 3. The van der Waals surface area contributed by atoms with Gasteiger partial charge in [-0.2, -0.15) is 0 Å². The number of halogens is 1. The molecule has 0 radical (unpaired) electrons. The highest BCUT2D eigenvalue weighted by atomic mass is 35.5. The quantitative estimate of drug-likeness (QED) is 0.512. The van der Waals surface area contributed by atoms with Gasteiger partial charge < -0.3 is 16.8 Å².